The maximum atomic E-state index is 13.0. The Morgan fingerprint density at radius 2 is 1.59 bits per heavy atom. The topological polar surface area (TPSA) is 113 Å². The number of amides is 1. The van der Waals surface area contributed by atoms with Gasteiger partial charge in [-0.2, -0.15) is 0 Å². The number of benzene rings is 3. The number of halogens is 2. The molecule has 0 heterocycles. The maximum absolute atomic E-state index is 13.0. The van der Waals surface area contributed by atoms with Crippen molar-refractivity contribution in [1.29, 1.82) is 0 Å². The molecule has 0 aliphatic carbocycles. The number of aryl methyl sites for hydroxylation is 1. The number of rotatable bonds is 7. The predicted octanol–water partition coefficient (Wildman–Crippen LogP) is 5.70. The number of phenolic OH excluding ortho intramolecular Hbond substituents is 1. The predicted molar refractivity (Wildman–Crippen MR) is 136 cm³/mol. The fraction of sp³-hybridized carbons (Fsp3) is 0.167. The van der Waals surface area contributed by atoms with Crippen LogP contribution in [0.5, 0.6) is 5.75 Å². The summed E-state index contributed by atoms with van der Waals surface area (Å²) in [5.74, 6) is -0.662. The minimum atomic E-state index is -3.74. The number of sulfone groups is 1. The van der Waals surface area contributed by atoms with E-state index in [9.17, 15) is 18.3 Å². The van der Waals surface area contributed by atoms with Crippen LogP contribution in [-0.4, -0.2) is 31.6 Å². The Morgan fingerprint density at radius 3 is 2.15 bits per heavy atom. The highest BCUT2D eigenvalue weighted by molar-refractivity contribution is 7.92. The van der Waals surface area contributed by atoms with Gasteiger partial charge in [0.1, 0.15) is 17.9 Å². The number of hydrogen-bond donors (Lipinski definition) is 3. The van der Waals surface area contributed by atoms with Crippen LogP contribution in [0.3, 0.4) is 0 Å². The molecule has 0 aliphatic heterocycles. The number of carbonyl (C=O) groups excluding carboxylic acids is 2. The van der Waals surface area contributed by atoms with Crippen LogP contribution in [0.25, 0.3) is 0 Å². The maximum Gasteiger partial charge on any atom is 0.255 e. The smallest absolute Gasteiger partial charge is 0.255 e. The second-order valence-electron chi connectivity index (χ2n) is 7.21. The third kappa shape index (κ3) is 6.50. The first-order valence-corrected chi connectivity index (χ1v) is 12.4. The van der Waals surface area contributed by atoms with E-state index in [-0.39, 0.29) is 33.5 Å². The summed E-state index contributed by atoms with van der Waals surface area (Å²) in [7, 11) is -3.74. The number of carbonyl (C=O) groups is 2. The van der Waals surface area contributed by atoms with Crippen molar-refractivity contribution in [3.8, 4) is 5.75 Å². The molecule has 34 heavy (non-hydrogen) atoms. The van der Waals surface area contributed by atoms with Gasteiger partial charge in [0.25, 0.3) is 5.91 Å². The van der Waals surface area contributed by atoms with Crippen LogP contribution in [0.2, 0.25) is 10.0 Å². The number of phenols is 1. The molecule has 3 aromatic carbocycles. The van der Waals surface area contributed by atoms with E-state index in [2.05, 4.69) is 10.6 Å². The Hall–Kier alpha value is -3.07. The molecule has 3 rings (SSSR count). The molecule has 0 aromatic heterocycles. The van der Waals surface area contributed by atoms with Gasteiger partial charge >= 0.3 is 0 Å². The first-order chi connectivity index (χ1) is 16.1. The van der Waals surface area contributed by atoms with Gasteiger partial charge in [-0.15, -0.1) is 0 Å². The van der Waals surface area contributed by atoms with Gasteiger partial charge in [-0.25, -0.2) is 8.42 Å². The quantitative estimate of drug-likeness (QED) is 0.343. The summed E-state index contributed by atoms with van der Waals surface area (Å²) < 4.78 is 26.0. The zero-order chi connectivity index (χ0) is 25.5. The van der Waals surface area contributed by atoms with Gasteiger partial charge in [0.05, 0.1) is 21.3 Å². The van der Waals surface area contributed by atoms with Crippen molar-refractivity contribution in [2.45, 2.75) is 30.5 Å². The second-order valence-corrected chi connectivity index (χ2v) is 10.2. The van der Waals surface area contributed by atoms with Crippen molar-refractivity contribution >= 4 is 57.1 Å². The molecule has 0 bridgehead atoms. The van der Waals surface area contributed by atoms with Gasteiger partial charge in [-0.05, 0) is 55.8 Å². The van der Waals surface area contributed by atoms with Crippen molar-refractivity contribution in [2.75, 3.05) is 10.6 Å². The molecule has 0 saturated heterocycles. The molecule has 1 atom stereocenters. The largest absolute Gasteiger partial charge is 0.506 e. The number of anilines is 2. The van der Waals surface area contributed by atoms with E-state index in [4.69, 9.17) is 28.0 Å². The molecule has 0 fully saturated rings. The Balaban J connectivity index is 0.00000199. The third-order valence-corrected chi connectivity index (χ3v) is 7.55. The average molecular weight is 523 g/mol. The lowest BCUT2D eigenvalue weighted by molar-refractivity contribution is -0.0980. The lowest BCUT2D eigenvalue weighted by atomic mass is 10.1. The SMILES string of the molecule is C=O.CCC(Nc1cc(O)c(NC(=O)c2ccc(C)cc2)cc1Cl)S(=O)(=O)c1ccc(Cl)cc1. The second kappa shape index (κ2) is 11.9. The first-order valence-electron chi connectivity index (χ1n) is 10.1. The van der Waals surface area contributed by atoms with Crippen molar-refractivity contribution in [1.82, 2.24) is 0 Å². The standard InChI is InChI=1S/C23H22Cl2N2O4S.CH2O/c1-3-22(32(30,31)17-10-8-16(24)9-11-17)26-19-13-21(28)20(12-18(19)25)27-23(29)15-6-4-14(2)5-7-15;1-2/h4-13,22,26,28H,3H2,1-2H3,(H,27,29);1H2. The summed E-state index contributed by atoms with van der Waals surface area (Å²) >= 11 is 12.2. The fourth-order valence-corrected chi connectivity index (χ4v) is 4.94. The zero-order valence-electron chi connectivity index (χ0n) is 18.5. The van der Waals surface area contributed by atoms with Crippen LogP contribution < -0.4 is 10.6 Å². The van der Waals surface area contributed by atoms with Gasteiger partial charge in [0.15, 0.2) is 9.84 Å². The molecule has 3 N–H and O–H groups in total. The average Bonchev–Trinajstić information content (AvgIpc) is 2.82. The number of nitrogens with one attached hydrogen (secondary N) is 2. The highest BCUT2D eigenvalue weighted by Crippen LogP contribution is 2.35. The monoisotopic (exact) mass is 522 g/mol. The molecule has 1 amide bonds. The van der Waals surface area contributed by atoms with Crippen molar-refractivity contribution in [3.05, 3.63) is 81.8 Å². The van der Waals surface area contributed by atoms with Crippen LogP contribution >= 0.6 is 23.2 Å². The molecule has 7 nitrogen and oxygen atoms in total. The molecule has 0 radical (unpaired) electrons. The van der Waals surface area contributed by atoms with Crippen LogP contribution in [0.15, 0.2) is 65.6 Å². The summed E-state index contributed by atoms with van der Waals surface area (Å²) in [6.45, 7) is 5.63. The van der Waals surface area contributed by atoms with E-state index in [0.717, 1.165) is 5.56 Å². The molecular weight excluding hydrogens is 499 g/mol. The molecular formula is C24H24Cl2N2O5S. The highest BCUT2D eigenvalue weighted by atomic mass is 35.5. The Morgan fingerprint density at radius 1 is 1.00 bits per heavy atom. The molecule has 0 saturated carbocycles. The normalized spacial score (nSPS) is 11.6. The third-order valence-electron chi connectivity index (χ3n) is 4.85. The molecule has 10 heteroatoms. The van der Waals surface area contributed by atoms with E-state index in [1.807, 2.05) is 13.7 Å². The minimum absolute atomic E-state index is 0.111. The van der Waals surface area contributed by atoms with Crippen molar-refractivity contribution in [2.24, 2.45) is 0 Å². The first kappa shape index (κ1) is 27.2. The lowest BCUT2D eigenvalue weighted by Crippen LogP contribution is -2.29. The summed E-state index contributed by atoms with van der Waals surface area (Å²) in [6, 6.07) is 15.5. The molecule has 0 aliphatic rings. The lowest BCUT2D eigenvalue weighted by Gasteiger charge is -2.20. The fourth-order valence-electron chi connectivity index (χ4n) is 3.03. The van der Waals surface area contributed by atoms with Crippen molar-refractivity contribution in [3.63, 3.8) is 0 Å². The van der Waals surface area contributed by atoms with Gasteiger partial charge in [0.2, 0.25) is 0 Å². The van der Waals surface area contributed by atoms with Gasteiger partial charge in [0, 0.05) is 16.7 Å². The molecule has 180 valence electrons. The van der Waals surface area contributed by atoms with Gasteiger partial charge in [-0.1, -0.05) is 47.8 Å². The van der Waals surface area contributed by atoms with E-state index in [0.29, 0.717) is 10.6 Å². The van der Waals surface area contributed by atoms with E-state index < -0.39 is 21.1 Å². The van der Waals surface area contributed by atoms with Gasteiger partial charge < -0.3 is 20.5 Å². The summed E-state index contributed by atoms with van der Waals surface area (Å²) in [5.41, 5.74) is 1.77. The Bertz CT molecular complexity index is 1250. The Labute approximate surface area is 208 Å². The van der Waals surface area contributed by atoms with Crippen LogP contribution in [-0.2, 0) is 14.6 Å². The Kier molecular flexibility index (Phi) is 9.49. The van der Waals surface area contributed by atoms with Crippen LogP contribution in [0.4, 0.5) is 11.4 Å². The molecule has 3 aromatic rings. The van der Waals surface area contributed by atoms with E-state index >= 15 is 0 Å². The molecule has 0 spiro atoms. The van der Waals surface area contributed by atoms with Crippen LogP contribution in [0, 0.1) is 6.92 Å². The van der Waals surface area contributed by atoms with Crippen molar-refractivity contribution < 1.29 is 23.1 Å². The van der Waals surface area contributed by atoms with E-state index in [1.54, 1.807) is 31.2 Å². The van der Waals surface area contributed by atoms with Crippen LogP contribution in [0.1, 0.15) is 29.3 Å². The van der Waals surface area contributed by atoms with E-state index in [1.165, 1.54) is 36.4 Å². The number of hydrogen-bond acceptors (Lipinski definition) is 6. The zero-order valence-corrected chi connectivity index (χ0v) is 20.8. The highest BCUT2D eigenvalue weighted by Gasteiger charge is 2.27. The minimum Gasteiger partial charge on any atom is -0.506 e. The van der Waals surface area contributed by atoms with Gasteiger partial charge in [-0.3, -0.25) is 4.79 Å². The summed E-state index contributed by atoms with van der Waals surface area (Å²) in [5, 5.41) is 15.5. The molecule has 1 unspecified atom stereocenters. The number of aromatic hydroxyl groups is 1. The summed E-state index contributed by atoms with van der Waals surface area (Å²) in [4.78, 5) is 20.6. The summed E-state index contributed by atoms with van der Waals surface area (Å²) in [6.07, 6.45) is 0.244.